The van der Waals surface area contributed by atoms with E-state index in [9.17, 15) is 13.2 Å². The number of hydrogen-bond donors (Lipinski definition) is 1. The summed E-state index contributed by atoms with van der Waals surface area (Å²) in [6.45, 7) is 3.74. The van der Waals surface area contributed by atoms with E-state index in [4.69, 9.17) is 4.74 Å². The molecular weight excluding hydrogens is 255 g/mol. The molecule has 0 saturated carbocycles. The van der Waals surface area contributed by atoms with Crippen LogP contribution in [0.1, 0.15) is 31.4 Å². The zero-order valence-electron chi connectivity index (χ0n) is 10.9. The lowest BCUT2D eigenvalue weighted by molar-refractivity contribution is 0.0386. The molecule has 1 saturated heterocycles. The van der Waals surface area contributed by atoms with E-state index in [1.54, 1.807) is 0 Å². The molecule has 0 aliphatic carbocycles. The van der Waals surface area contributed by atoms with Crippen molar-refractivity contribution < 1.29 is 17.9 Å². The van der Waals surface area contributed by atoms with Crippen molar-refractivity contribution >= 4 is 0 Å². The van der Waals surface area contributed by atoms with Crippen molar-refractivity contribution in [2.45, 2.75) is 25.8 Å². The third kappa shape index (κ3) is 3.09. The van der Waals surface area contributed by atoms with E-state index >= 15 is 0 Å². The van der Waals surface area contributed by atoms with Crippen LogP contribution in [0.15, 0.2) is 12.1 Å². The molecule has 2 atom stereocenters. The van der Waals surface area contributed by atoms with Crippen molar-refractivity contribution in [1.29, 1.82) is 0 Å². The Bertz CT molecular complexity index is 433. The summed E-state index contributed by atoms with van der Waals surface area (Å²) in [4.78, 5) is 0. The van der Waals surface area contributed by atoms with Gasteiger partial charge in [0.1, 0.15) is 0 Å². The second-order valence-electron chi connectivity index (χ2n) is 4.78. The zero-order chi connectivity index (χ0) is 13.8. The summed E-state index contributed by atoms with van der Waals surface area (Å²) in [5.74, 6) is -3.59. The van der Waals surface area contributed by atoms with Gasteiger partial charge in [-0.25, -0.2) is 13.2 Å². The van der Waals surface area contributed by atoms with Crippen LogP contribution in [0, 0.1) is 23.4 Å². The average molecular weight is 273 g/mol. The van der Waals surface area contributed by atoms with Gasteiger partial charge in [0.05, 0.1) is 6.61 Å². The van der Waals surface area contributed by atoms with Crippen LogP contribution in [0.5, 0.6) is 0 Å². The first kappa shape index (κ1) is 14.3. The maximum Gasteiger partial charge on any atom is 0.194 e. The molecule has 5 heteroatoms. The molecule has 1 aromatic carbocycles. The Morgan fingerprint density at radius 3 is 2.74 bits per heavy atom. The molecule has 2 rings (SSSR count). The number of rotatable bonds is 4. The van der Waals surface area contributed by atoms with Crippen LogP contribution in [0.25, 0.3) is 0 Å². The van der Waals surface area contributed by atoms with Gasteiger partial charge in [0.15, 0.2) is 17.5 Å². The van der Waals surface area contributed by atoms with E-state index in [0.29, 0.717) is 19.8 Å². The molecule has 0 bridgehead atoms. The number of halogens is 3. The highest BCUT2D eigenvalue weighted by Gasteiger charge is 2.28. The van der Waals surface area contributed by atoms with Gasteiger partial charge in [-0.05, 0) is 25.5 Å². The van der Waals surface area contributed by atoms with E-state index in [-0.39, 0.29) is 17.5 Å². The molecule has 1 aliphatic heterocycles. The fourth-order valence-corrected chi connectivity index (χ4v) is 2.56. The van der Waals surface area contributed by atoms with Crippen molar-refractivity contribution in [1.82, 2.24) is 5.32 Å². The van der Waals surface area contributed by atoms with E-state index in [2.05, 4.69) is 5.32 Å². The van der Waals surface area contributed by atoms with Crippen molar-refractivity contribution in [3.05, 3.63) is 35.1 Å². The molecule has 1 fully saturated rings. The van der Waals surface area contributed by atoms with Crippen LogP contribution in [0.3, 0.4) is 0 Å². The molecule has 1 N–H and O–H groups in total. The molecule has 0 spiro atoms. The minimum absolute atomic E-state index is 0.0769. The van der Waals surface area contributed by atoms with Gasteiger partial charge in [-0.2, -0.15) is 0 Å². The topological polar surface area (TPSA) is 21.3 Å². The van der Waals surface area contributed by atoms with Gasteiger partial charge in [0.25, 0.3) is 0 Å². The number of ether oxygens (including phenoxy) is 1. The van der Waals surface area contributed by atoms with Crippen molar-refractivity contribution in [2.24, 2.45) is 5.92 Å². The fourth-order valence-electron chi connectivity index (χ4n) is 2.56. The number of benzene rings is 1. The number of hydrogen-bond acceptors (Lipinski definition) is 2. The number of nitrogens with one attached hydrogen (secondary N) is 1. The van der Waals surface area contributed by atoms with Crippen molar-refractivity contribution in [3.8, 4) is 0 Å². The van der Waals surface area contributed by atoms with Gasteiger partial charge in [0.2, 0.25) is 0 Å². The molecule has 1 heterocycles. The summed E-state index contributed by atoms with van der Waals surface area (Å²) in [6.07, 6.45) is 1.79. The highest BCUT2D eigenvalue weighted by atomic mass is 19.2. The quantitative estimate of drug-likeness (QED) is 0.851. The summed E-state index contributed by atoms with van der Waals surface area (Å²) in [5.41, 5.74) is 0.177. The largest absolute Gasteiger partial charge is 0.381 e. The van der Waals surface area contributed by atoms with Crippen LogP contribution >= 0.6 is 0 Å². The molecule has 2 unspecified atom stereocenters. The second kappa shape index (κ2) is 6.39. The van der Waals surface area contributed by atoms with Crippen LogP contribution < -0.4 is 5.32 Å². The predicted octanol–water partition coefficient (Wildman–Crippen LogP) is 3.18. The van der Waals surface area contributed by atoms with Gasteiger partial charge in [-0.3, -0.25) is 0 Å². The monoisotopic (exact) mass is 273 g/mol. The standard InChI is InChI=1S/C14H18F3NO/c1-2-18-14(9-4-3-7-19-8-9)10-5-6-11(15)13(17)12(10)16/h5-6,9,14,18H,2-4,7-8H2,1H3. The molecule has 0 amide bonds. The van der Waals surface area contributed by atoms with Crippen LogP contribution in [0.4, 0.5) is 13.2 Å². The lowest BCUT2D eigenvalue weighted by atomic mass is 9.88. The fraction of sp³-hybridized carbons (Fsp3) is 0.571. The highest BCUT2D eigenvalue weighted by molar-refractivity contribution is 5.24. The predicted molar refractivity (Wildman–Crippen MR) is 66.3 cm³/mol. The van der Waals surface area contributed by atoms with E-state index in [1.807, 2.05) is 6.92 Å². The van der Waals surface area contributed by atoms with Gasteiger partial charge >= 0.3 is 0 Å². The smallest absolute Gasteiger partial charge is 0.194 e. The average Bonchev–Trinajstić information content (AvgIpc) is 2.44. The van der Waals surface area contributed by atoms with E-state index in [1.165, 1.54) is 6.07 Å². The first-order chi connectivity index (χ1) is 9.15. The Kier molecular flexibility index (Phi) is 4.82. The van der Waals surface area contributed by atoms with Gasteiger partial charge < -0.3 is 10.1 Å². The molecule has 1 aromatic rings. The maximum atomic E-state index is 13.9. The summed E-state index contributed by atoms with van der Waals surface area (Å²) >= 11 is 0. The Morgan fingerprint density at radius 2 is 2.11 bits per heavy atom. The van der Waals surface area contributed by atoms with Gasteiger partial charge in [0, 0.05) is 24.1 Å². The Morgan fingerprint density at radius 1 is 1.32 bits per heavy atom. The second-order valence-corrected chi connectivity index (χ2v) is 4.78. The normalized spacial score (nSPS) is 21.4. The highest BCUT2D eigenvalue weighted by Crippen LogP contribution is 2.31. The van der Waals surface area contributed by atoms with Crippen molar-refractivity contribution in [2.75, 3.05) is 19.8 Å². The first-order valence-electron chi connectivity index (χ1n) is 6.59. The molecule has 106 valence electrons. The van der Waals surface area contributed by atoms with Crippen LogP contribution in [-0.2, 0) is 4.74 Å². The maximum absolute atomic E-state index is 13.9. The Balaban J connectivity index is 2.30. The molecule has 1 aliphatic rings. The minimum atomic E-state index is -1.41. The molecule has 2 nitrogen and oxygen atoms in total. The van der Waals surface area contributed by atoms with Crippen LogP contribution in [0.2, 0.25) is 0 Å². The summed E-state index contributed by atoms with van der Waals surface area (Å²) in [5, 5.41) is 3.15. The summed E-state index contributed by atoms with van der Waals surface area (Å²) in [6, 6.07) is 1.94. The minimum Gasteiger partial charge on any atom is -0.381 e. The van der Waals surface area contributed by atoms with Gasteiger partial charge in [-0.1, -0.05) is 13.0 Å². The van der Waals surface area contributed by atoms with Crippen molar-refractivity contribution in [3.63, 3.8) is 0 Å². The lowest BCUT2D eigenvalue weighted by Gasteiger charge is -2.31. The molecular formula is C14H18F3NO. The third-order valence-corrected chi connectivity index (χ3v) is 3.49. The zero-order valence-corrected chi connectivity index (χ0v) is 10.9. The molecule has 0 aromatic heterocycles. The Labute approximate surface area is 111 Å². The first-order valence-corrected chi connectivity index (χ1v) is 6.59. The third-order valence-electron chi connectivity index (χ3n) is 3.49. The van der Waals surface area contributed by atoms with Gasteiger partial charge in [-0.15, -0.1) is 0 Å². The lowest BCUT2D eigenvalue weighted by Crippen LogP contribution is -2.34. The van der Waals surface area contributed by atoms with E-state index < -0.39 is 17.5 Å². The molecule has 0 radical (unpaired) electrons. The molecule has 19 heavy (non-hydrogen) atoms. The Hall–Kier alpha value is -1.07. The van der Waals surface area contributed by atoms with E-state index in [0.717, 1.165) is 18.9 Å². The summed E-state index contributed by atoms with van der Waals surface area (Å²) < 4.78 is 45.6. The summed E-state index contributed by atoms with van der Waals surface area (Å²) in [7, 11) is 0. The van der Waals surface area contributed by atoms with Crippen LogP contribution in [-0.4, -0.2) is 19.8 Å². The SMILES string of the molecule is CCNC(c1ccc(F)c(F)c1F)C1CCCOC1.